The van der Waals surface area contributed by atoms with Crippen molar-refractivity contribution in [3.8, 4) is 11.6 Å². The molecule has 66 heavy (non-hydrogen) atoms. The van der Waals surface area contributed by atoms with Crippen LogP contribution in [0.25, 0.3) is 33.7 Å². The summed E-state index contributed by atoms with van der Waals surface area (Å²) in [4.78, 5) is 68.8. The lowest BCUT2D eigenvalue weighted by Gasteiger charge is -2.35. The highest BCUT2D eigenvalue weighted by molar-refractivity contribution is 5.91. The summed E-state index contributed by atoms with van der Waals surface area (Å²) >= 11 is 0. The minimum Gasteiger partial charge on any atom is -0.343 e. The zero-order valence-corrected chi connectivity index (χ0v) is 38.4. The van der Waals surface area contributed by atoms with E-state index in [0.29, 0.717) is 11.0 Å². The number of hydrogen-bond donors (Lipinski definition) is 4. The SMILES string of the molecule is CN[C@H](C)C(=O)N[C@@H](C(=O)N1CC(F)C[C@H]1Cn1c(-c2nc3cc(F)ccc3n2C[C@@H]2CC(F)CN2C(=O)[C@H](NC(=O)[C@@H](C)NC)C2CCCCC2)nc2cc(F)ccc21)C1CCCCC1. The molecule has 4 aromatic rings. The second-order valence-electron chi connectivity index (χ2n) is 19.1. The van der Waals surface area contributed by atoms with Crippen molar-refractivity contribution in [1.82, 2.24) is 50.2 Å². The molecule has 8 atom stereocenters. The van der Waals surface area contributed by atoms with E-state index in [1.54, 1.807) is 49.2 Å². The van der Waals surface area contributed by atoms with Crippen molar-refractivity contribution < 1.29 is 36.7 Å². The smallest absolute Gasteiger partial charge is 0.245 e. The number of fused-ring (bicyclic) bond motifs is 2. The van der Waals surface area contributed by atoms with Crippen LogP contribution in [0.15, 0.2) is 36.4 Å². The number of likely N-dealkylation sites (N-methyl/N-ethyl adjacent to an activating group) is 2. The predicted molar refractivity (Wildman–Crippen MR) is 242 cm³/mol. The molecule has 4 aliphatic rings. The van der Waals surface area contributed by atoms with Crippen LogP contribution in [-0.4, -0.2) is 128 Å². The molecular weight excluding hydrogens is 857 g/mol. The van der Waals surface area contributed by atoms with Gasteiger partial charge >= 0.3 is 0 Å². The van der Waals surface area contributed by atoms with E-state index < -0.39 is 60.2 Å². The zero-order chi connectivity index (χ0) is 46.8. The third-order valence-electron chi connectivity index (χ3n) is 14.7. The van der Waals surface area contributed by atoms with Crippen LogP contribution in [0.4, 0.5) is 17.6 Å². The number of carbonyl (C=O) groups is 4. The molecule has 18 heteroatoms. The van der Waals surface area contributed by atoms with Crippen LogP contribution in [-0.2, 0) is 32.3 Å². The molecule has 4 heterocycles. The van der Waals surface area contributed by atoms with Gasteiger partial charge in [0.1, 0.15) is 36.1 Å². The highest BCUT2D eigenvalue weighted by atomic mass is 19.1. The molecule has 0 radical (unpaired) electrons. The van der Waals surface area contributed by atoms with Crippen LogP contribution < -0.4 is 21.3 Å². The van der Waals surface area contributed by atoms with Crippen LogP contribution in [0, 0.1) is 23.5 Å². The van der Waals surface area contributed by atoms with Crippen LogP contribution >= 0.6 is 0 Å². The Bertz CT molecular complexity index is 2230. The number of hydrogen-bond acceptors (Lipinski definition) is 8. The Labute approximate surface area is 383 Å². The normalized spacial score (nSPS) is 23.9. The molecule has 2 unspecified atom stereocenters. The Morgan fingerprint density at radius 2 is 1.00 bits per heavy atom. The quantitative estimate of drug-likeness (QED) is 0.113. The zero-order valence-electron chi connectivity index (χ0n) is 38.4. The first-order valence-electron chi connectivity index (χ1n) is 23.9. The largest absolute Gasteiger partial charge is 0.343 e. The van der Waals surface area contributed by atoms with Crippen LogP contribution in [0.1, 0.15) is 90.9 Å². The maximum atomic E-state index is 15.8. The van der Waals surface area contributed by atoms with Gasteiger partial charge in [0.25, 0.3) is 0 Å². The van der Waals surface area contributed by atoms with Gasteiger partial charge in [-0.3, -0.25) is 19.2 Å². The first kappa shape index (κ1) is 47.4. The number of amides is 4. The summed E-state index contributed by atoms with van der Waals surface area (Å²) in [5.41, 5.74) is 1.49. The lowest BCUT2D eigenvalue weighted by atomic mass is 9.83. The summed E-state index contributed by atoms with van der Waals surface area (Å²) in [5.74, 6) is -2.26. The van der Waals surface area contributed by atoms with Gasteiger partial charge < -0.3 is 40.2 Å². The first-order valence-corrected chi connectivity index (χ1v) is 23.9. The van der Waals surface area contributed by atoms with Gasteiger partial charge in [0.2, 0.25) is 23.6 Å². The Morgan fingerprint density at radius 1 is 0.621 bits per heavy atom. The highest BCUT2D eigenvalue weighted by Crippen LogP contribution is 2.36. The molecule has 4 amide bonds. The van der Waals surface area contributed by atoms with Crippen LogP contribution in [0.2, 0.25) is 0 Å². The average molecular weight is 921 g/mol. The van der Waals surface area contributed by atoms with Gasteiger partial charge in [-0.2, -0.15) is 0 Å². The van der Waals surface area contributed by atoms with E-state index in [-0.39, 0.29) is 97.2 Å². The van der Waals surface area contributed by atoms with Gasteiger partial charge in [-0.05, 0) is 89.7 Å². The number of likely N-dealkylation sites (tertiary alicyclic amines) is 2. The number of alkyl halides is 2. The molecule has 14 nitrogen and oxygen atoms in total. The van der Waals surface area contributed by atoms with Crippen molar-refractivity contribution in [2.24, 2.45) is 11.8 Å². The summed E-state index contributed by atoms with van der Waals surface area (Å²) in [7, 11) is 3.33. The Morgan fingerprint density at radius 3 is 1.36 bits per heavy atom. The Kier molecular flexibility index (Phi) is 14.7. The third-order valence-corrected chi connectivity index (χ3v) is 14.7. The van der Waals surface area contributed by atoms with Crippen molar-refractivity contribution in [2.75, 3.05) is 27.2 Å². The van der Waals surface area contributed by atoms with E-state index in [1.807, 2.05) is 0 Å². The second-order valence-corrected chi connectivity index (χ2v) is 19.1. The van der Waals surface area contributed by atoms with Crippen molar-refractivity contribution in [2.45, 2.75) is 153 Å². The minimum absolute atomic E-state index is 0.00520. The summed E-state index contributed by atoms with van der Waals surface area (Å²) in [6.45, 7) is 3.11. The molecule has 2 aliphatic carbocycles. The maximum absolute atomic E-state index is 15.8. The van der Waals surface area contributed by atoms with E-state index in [1.165, 1.54) is 34.1 Å². The number of aromatic nitrogens is 4. The Hall–Kier alpha value is -5.10. The molecule has 8 rings (SSSR count). The van der Waals surface area contributed by atoms with E-state index in [4.69, 9.17) is 9.97 Å². The molecule has 2 aromatic heterocycles. The fourth-order valence-electron chi connectivity index (χ4n) is 10.8. The minimum atomic E-state index is -1.36. The lowest BCUT2D eigenvalue weighted by molar-refractivity contribution is -0.140. The van der Waals surface area contributed by atoms with E-state index in [0.717, 1.165) is 64.2 Å². The number of rotatable bonds is 15. The number of nitrogens with one attached hydrogen (secondary N) is 4. The van der Waals surface area contributed by atoms with E-state index in [2.05, 4.69) is 21.3 Å². The summed E-state index contributed by atoms with van der Waals surface area (Å²) in [6, 6.07) is 4.00. The molecule has 2 saturated carbocycles. The van der Waals surface area contributed by atoms with Gasteiger partial charge in [-0.1, -0.05) is 38.5 Å². The molecule has 4 fully saturated rings. The van der Waals surface area contributed by atoms with E-state index in [9.17, 15) is 28.0 Å². The Balaban J connectivity index is 1.17. The van der Waals surface area contributed by atoms with Crippen molar-refractivity contribution in [3.05, 3.63) is 48.0 Å². The first-order chi connectivity index (χ1) is 31.7. The predicted octanol–water partition coefficient (Wildman–Crippen LogP) is 5.56. The number of halogens is 4. The molecule has 2 aliphatic heterocycles. The van der Waals surface area contributed by atoms with Crippen molar-refractivity contribution in [3.63, 3.8) is 0 Å². The second kappa shape index (κ2) is 20.4. The molecule has 2 aromatic carbocycles. The lowest BCUT2D eigenvalue weighted by Crippen LogP contribution is -2.57. The summed E-state index contributed by atoms with van der Waals surface area (Å²) < 4.78 is 65.0. The number of imidazole rings is 2. The molecule has 4 N–H and O–H groups in total. The summed E-state index contributed by atoms with van der Waals surface area (Å²) in [6.07, 6.45) is 6.00. The molecule has 358 valence electrons. The summed E-state index contributed by atoms with van der Waals surface area (Å²) in [5, 5.41) is 11.9. The molecular formula is C48H64F4N10O4. The van der Waals surface area contributed by atoms with Crippen LogP contribution in [0.3, 0.4) is 0 Å². The van der Waals surface area contributed by atoms with Gasteiger partial charge in [0, 0.05) is 38.1 Å². The number of nitrogens with zero attached hydrogens (tertiary/aromatic N) is 6. The average Bonchev–Trinajstić information content (AvgIpc) is 4.08. The van der Waals surface area contributed by atoms with Crippen LogP contribution in [0.5, 0.6) is 0 Å². The molecule has 0 bridgehead atoms. The standard InChI is InChI=1S/C48H64F4N10O4/c1-27(53-3)45(63)57-41(29-11-7-5-8-12-29)47(65)59-23-33(51)19-35(59)25-61-39-17-15-31(49)21-37(39)55-43(61)44-56-38-22-32(50)16-18-40(38)62(44)26-36-20-34(52)24-60(36)48(66)42(30-13-9-6-10-14-30)58-46(64)28(2)54-4/h15-18,21-22,27-30,33-36,41-42,53-54H,5-14,19-20,23-26H2,1-4H3,(H,57,63)(H,58,64)/t27-,28-,33?,34?,35+,36+,41-,42-/m1/s1. The van der Waals surface area contributed by atoms with Crippen molar-refractivity contribution in [1.29, 1.82) is 0 Å². The number of benzene rings is 2. The fourth-order valence-corrected chi connectivity index (χ4v) is 10.8. The van der Waals surface area contributed by atoms with Gasteiger partial charge in [0.05, 0.1) is 59.3 Å². The molecule has 2 saturated heterocycles. The number of carbonyl (C=O) groups excluding carboxylic acids is 4. The maximum Gasteiger partial charge on any atom is 0.245 e. The fraction of sp³-hybridized carbons (Fsp3) is 0.625. The topological polar surface area (TPSA) is 159 Å². The van der Waals surface area contributed by atoms with Gasteiger partial charge in [0.15, 0.2) is 11.6 Å². The van der Waals surface area contributed by atoms with Crippen molar-refractivity contribution >= 4 is 45.7 Å². The van der Waals surface area contributed by atoms with Gasteiger partial charge in [-0.15, -0.1) is 0 Å². The monoisotopic (exact) mass is 921 g/mol. The third kappa shape index (κ3) is 9.95. The highest BCUT2D eigenvalue weighted by Gasteiger charge is 2.44. The molecule has 0 spiro atoms. The van der Waals surface area contributed by atoms with Gasteiger partial charge in [-0.25, -0.2) is 27.5 Å². The van der Waals surface area contributed by atoms with E-state index >= 15 is 8.78 Å².